The molecule has 1 aromatic carbocycles. The Kier molecular flexibility index (Phi) is 7.66. The minimum Gasteiger partial charge on any atom is -0.493 e. The van der Waals surface area contributed by atoms with E-state index in [0.717, 1.165) is 18.4 Å². The molecule has 0 bridgehead atoms. The summed E-state index contributed by atoms with van der Waals surface area (Å²) in [5, 5.41) is 3.11. The molecule has 0 atom stereocenters. The Morgan fingerprint density at radius 3 is 2.54 bits per heavy atom. The van der Waals surface area contributed by atoms with Crippen LogP contribution in [0.25, 0.3) is 6.08 Å². The van der Waals surface area contributed by atoms with Crippen LogP contribution < -0.4 is 14.8 Å². The predicted octanol–water partition coefficient (Wildman–Crippen LogP) is 4.34. The highest BCUT2D eigenvalue weighted by atomic mass is 16.5. The van der Waals surface area contributed by atoms with Crippen molar-refractivity contribution < 1.29 is 14.3 Å². The summed E-state index contributed by atoms with van der Waals surface area (Å²) in [6.07, 6.45) is 12.4. The normalized spacial score (nSPS) is 16.4. The maximum absolute atomic E-state index is 12.2. The number of hydrogen-bond donors (Lipinski definition) is 1. The van der Waals surface area contributed by atoms with Gasteiger partial charge in [-0.1, -0.05) is 50.3 Å². The summed E-state index contributed by atoms with van der Waals surface area (Å²) in [6.45, 7) is 1.99. The van der Waals surface area contributed by atoms with E-state index in [1.165, 1.54) is 32.1 Å². The third kappa shape index (κ3) is 5.91. The second-order valence-electron chi connectivity index (χ2n) is 6.31. The zero-order valence-electron chi connectivity index (χ0n) is 14.8. The molecule has 4 nitrogen and oxygen atoms in total. The first-order valence-electron chi connectivity index (χ1n) is 8.96. The van der Waals surface area contributed by atoms with E-state index in [1.807, 2.05) is 37.3 Å². The van der Waals surface area contributed by atoms with Gasteiger partial charge in [-0.15, -0.1) is 0 Å². The van der Waals surface area contributed by atoms with Crippen molar-refractivity contribution in [1.29, 1.82) is 0 Å². The van der Waals surface area contributed by atoms with Crippen LogP contribution in [0.3, 0.4) is 0 Å². The molecule has 2 rings (SSSR count). The molecule has 1 aliphatic rings. The molecule has 4 heteroatoms. The minimum atomic E-state index is -0.0554. The van der Waals surface area contributed by atoms with Crippen molar-refractivity contribution in [2.24, 2.45) is 0 Å². The lowest BCUT2D eigenvalue weighted by Crippen LogP contribution is -2.38. The lowest BCUT2D eigenvalue weighted by atomic mass is 9.97. The molecule has 0 spiro atoms. The number of methoxy groups -OCH3 is 1. The molecule has 1 fully saturated rings. The van der Waals surface area contributed by atoms with Crippen molar-refractivity contribution in [3.8, 4) is 11.5 Å². The van der Waals surface area contributed by atoms with Crippen molar-refractivity contribution in [2.45, 2.75) is 57.9 Å². The van der Waals surface area contributed by atoms with Gasteiger partial charge in [0.15, 0.2) is 18.1 Å². The lowest BCUT2D eigenvalue weighted by molar-refractivity contribution is -0.123. The molecule has 24 heavy (non-hydrogen) atoms. The molecule has 132 valence electrons. The lowest BCUT2D eigenvalue weighted by Gasteiger charge is -2.21. The van der Waals surface area contributed by atoms with E-state index in [9.17, 15) is 4.79 Å². The van der Waals surface area contributed by atoms with Crippen molar-refractivity contribution in [1.82, 2.24) is 5.32 Å². The second kappa shape index (κ2) is 10.0. The Morgan fingerprint density at radius 1 is 1.17 bits per heavy atom. The van der Waals surface area contributed by atoms with Gasteiger partial charge in [0.2, 0.25) is 0 Å². The maximum Gasteiger partial charge on any atom is 0.258 e. The largest absolute Gasteiger partial charge is 0.493 e. The smallest absolute Gasteiger partial charge is 0.258 e. The number of allylic oxidation sites excluding steroid dienone is 1. The molecule has 0 saturated heterocycles. The molecule has 1 saturated carbocycles. The standard InChI is InChI=1S/C20H29NO3/c1-3-9-16-12-13-18(19(14-16)23-2)24-15-20(22)21-17-10-7-5-4-6-8-11-17/h3,9,12-14,17H,4-8,10-11,15H2,1-2H3,(H,21,22). The van der Waals surface area contributed by atoms with Gasteiger partial charge in [0, 0.05) is 6.04 Å². The topological polar surface area (TPSA) is 47.6 Å². The average molecular weight is 331 g/mol. The monoisotopic (exact) mass is 331 g/mol. The minimum absolute atomic E-state index is 0.0236. The fourth-order valence-corrected chi connectivity index (χ4v) is 3.11. The number of nitrogens with one attached hydrogen (secondary N) is 1. The molecular formula is C20H29NO3. The van der Waals surface area contributed by atoms with Crippen LogP contribution in [0.1, 0.15) is 57.4 Å². The Hall–Kier alpha value is -1.97. The van der Waals surface area contributed by atoms with Crippen LogP contribution in [0.2, 0.25) is 0 Å². The van der Waals surface area contributed by atoms with E-state index in [1.54, 1.807) is 7.11 Å². The number of hydrogen-bond acceptors (Lipinski definition) is 3. The van der Waals surface area contributed by atoms with Crippen molar-refractivity contribution >= 4 is 12.0 Å². The summed E-state index contributed by atoms with van der Waals surface area (Å²) >= 11 is 0. The predicted molar refractivity (Wildman–Crippen MR) is 97.4 cm³/mol. The van der Waals surface area contributed by atoms with Crippen LogP contribution in [0.4, 0.5) is 0 Å². The molecule has 1 N–H and O–H groups in total. The Labute approximate surface area is 145 Å². The third-order valence-corrected chi connectivity index (χ3v) is 4.38. The van der Waals surface area contributed by atoms with Crippen molar-refractivity contribution in [3.63, 3.8) is 0 Å². The average Bonchev–Trinajstić information content (AvgIpc) is 2.56. The van der Waals surface area contributed by atoms with Gasteiger partial charge < -0.3 is 14.8 Å². The van der Waals surface area contributed by atoms with E-state index in [2.05, 4.69) is 5.32 Å². The first-order valence-corrected chi connectivity index (χ1v) is 8.96. The zero-order chi connectivity index (χ0) is 17.2. The number of benzene rings is 1. The molecule has 1 aromatic rings. The first kappa shape index (κ1) is 18.4. The Bertz CT molecular complexity index is 546. The van der Waals surface area contributed by atoms with E-state index < -0.39 is 0 Å². The molecule has 0 radical (unpaired) electrons. The van der Waals surface area contributed by atoms with Gasteiger partial charge in [-0.05, 0) is 37.5 Å². The van der Waals surface area contributed by atoms with Crippen LogP contribution >= 0.6 is 0 Å². The van der Waals surface area contributed by atoms with Gasteiger partial charge in [0.25, 0.3) is 5.91 Å². The summed E-state index contributed by atoms with van der Waals surface area (Å²) in [4.78, 5) is 12.2. The number of ether oxygens (including phenoxy) is 2. The zero-order valence-corrected chi connectivity index (χ0v) is 14.8. The molecule has 0 unspecified atom stereocenters. The molecule has 0 aliphatic heterocycles. The van der Waals surface area contributed by atoms with Crippen LogP contribution in [0.5, 0.6) is 11.5 Å². The van der Waals surface area contributed by atoms with E-state index >= 15 is 0 Å². The Morgan fingerprint density at radius 2 is 1.88 bits per heavy atom. The van der Waals surface area contributed by atoms with Crippen LogP contribution in [-0.2, 0) is 4.79 Å². The second-order valence-corrected chi connectivity index (χ2v) is 6.31. The van der Waals surface area contributed by atoms with Crippen LogP contribution in [-0.4, -0.2) is 25.7 Å². The summed E-state index contributed by atoms with van der Waals surface area (Å²) in [7, 11) is 1.61. The molecular weight excluding hydrogens is 302 g/mol. The van der Waals surface area contributed by atoms with Gasteiger partial charge in [0.05, 0.1) is 7.11 Å². The third-order valence-electron chi connectivity index (χ3n) is 4.38. The van der Waals surface area contributed by atoms with Gasteiger partial charge in [-0.3, -0.25) is 4.79 Å². The summed E-state index contributed by atoms with van der Waals surface area (Å²) in [6, 6.07) is 5.99. The summed E-state index contributed by atoms with van der Waals surface area (Å²) in [5.74, 6) is 1.18. The summed E-state index contributed by atoms with van der Waals surface area (Å²) in [5.41, 5.74) is 1.04. The summed E-state index contributed by atoms with van der Waals surface area (Å²) < 4.78 is 11.0. The molecule has 1 aliphatic carbocycles. The van der Waals surface area contributed by atoms with Gasteiger partial charge in [-0.2, -0.15) is 0 Å². The fraction of sp³-hybridized carbons (Fsp3) is 0.550. The molecule has 1 amide bonds. The molecule has 0 heterocycles. The SMILES string of the molecule is CC=Cc1ccc(OCC(=O)NC2CCCCCCC2)c(OC)c1. The first-order chi connectivity index (χ1) is 11.7. The van der Waals surface area contributed by atoms with E-state index in [-0.39, 0.29) is 12.5 Å². The van der Waals surface area contributed by atoms with Crippen molar-refractivity contribution in [3.05, 3.63) is 29.8 Å². The number of rotatable bonds is 6. The number of amides is 1. The van der Waals surface area contributed by atoms with Gasteiger partial charge in [0.1, 0.15) is 0 Å². The van der Waals surface area contributed by atoms with E-state index in [4.69, 9.17) is 9.47 Å². The van der Waals surface area contributed by atoms with E-state index in [0.29, 0.717) is 17.5 Å². The fourth-order valence-electron chi connectivity index (χ4n) is 3.11. The Balaban J connectivity index is 1.86. The maximum atomic E-state index is 12.2. The van der Waals surface area contributed by atoms with Crippen LogP contribution in [0, 0.1) is 0 Å². The van der Waals surface area contributed by atoms with Crippen LogP contribution in [0.15, 0.2) is 24.3 Å². The molecule has 0 aromatic heterocycles. The quantitative estimate of drug-likeness (QED) is 0.843. The highest BCUT2D eigenvalue weighted by Gasteiger charge is 2.15. The highest BCUT2D eigenvalue weighted by molar-refractivity contribution is 5.78. The highest BCUT2D eigenvalue weighted by Crippen LogP contribution is 2.28. The number of carbonyl (C=O) groups excluding carboxylic acids is 1. The van der Waals surface area contributed by atoms with Crippen molar-refractivity contribution in [2.75, 3.05) is 13.7 Å². The van der Waals surface area contributed by atoms with Gasteiger partial charge in [-0.25, -0.2) is 0 Å². The van der Waals surface area contributed by atoms with Gasteiger partial charge >= 0.3 is 0 Å². The number of carbonyl (C=O) groups is 1.